The number of halogens is 9. The lowest BCUT2D eigenvalue weighted by Gasteiger charge is -2.32. The number of rotatable bonds is 15. The molecule has 9 aromatic heterocycles. The number of pyridine rings is 3. The third-order valence-corrected chi connectivity index (χ3v) is 21.9. The van der Waals surface area contributed by atoms with Crippen molar-refractivity contribution in [1.29, 1.82) is 0 Å². The molecule has 2 unspecified atom stereocenters. The number of alkyl halides is 4. The average Bonchev–Trinajstić information content (AvgIpc) is 1.59. The van der Waals surface area contributed by atoms with Crippen LogP contribution in [0.1, 0.15) is 103 Å². The zero-order chi connectivity index (χ0) is 92.8. The van der Waals surface area contributed by atoms with Crippen molar-refractivity contribution in [2.45, 2.75) is 103 Å². The molecule has 5 aromatic carbocycles. The molecule has 3 aliphatic rings. The molecule has 0 amide bonds. The number of benzene rings is 5. The molecule has 0 aliphatic carbocycles. The van der Waals surface area contributed by atoms with E-state index in [-0.39, 0.29) is 54.7 Å². The van der Waals surface area contributed by atoms with Gasteiger partial charge in [0.15, 0.2) is 68.1 Å². The molecule has 2 atom stereocenters. The lowest BCUT2D eigenvalue weighted by molar-refractivity contribution is -0.0363. The van der Waals surface area contributed by atoms with Gasteiger partial charge in [-0.15, -0.1) is 4.98 Å². The van der Waals surface area contributed by atoms with Gasteiger partial charge in [-0.3, -0.25) is 9.13 Å². The molecule has 45 heteroatoms. The zero-order valence-electron chi connectivity index (χ0n) is 71.8. The Bertz CT molecular complexity index is 5970. The van der Waals surface area contributed by atoms with Crippen molar-refractivity contribution >= 4 is 147 Å². The van der Waals surface area contributed by atoms with Crippen LogP contribution >= 0.6 is 66.7 Å². The quantitative estimate of drug-likeness (QED) is 0.0182. The summed E-state index contributed by atoms with van der Waals surface area (Å²) in [6.07, 6.45) is 4.13. The number of aryl methyl sites for hydroxylation is 4. The lowest BCUT2D eigenvalue weighted by atomic mass is 9.78. The fourth-order valence-electron chi connectivity index (χ4n) is 13.1. The Morgan fingerprint density at radius 2 is 0.906 bits per heavy atom. The van der Waals surface area contributed by atoms with Crippen LogP contribution in [0.15, 0.2) is 156 Å². The minimum Gasteiger partial charge on any atom is -0.495 e. The Labute approximate surface area is 766 Å². The van der Waals surface area contributed by atoms with Crippen LogP contribution in [0.3, 0.4) is 0 Å². The maximum Gasteiger partial charge on any atom is 0.498 e. The van der Waals surface area contributed by atoms with Crippen LogP contribution in [0.4, 0.5) is 63.3 Å². The number of para-hydroxylation sites is 5. The number of nitrogens with one attached hydrogen (secondary N) is 1. The van der Waals surface area contributed by atoms with Crippen LogP contribution < -0.4 is 63.1 Å². The summed E-state index contributed by atoms with van der Waals surface area (Å²) in [4.78, 5) is 39.8. The van der Waals surface area contributed by atoms with Crippen molar-refractivity contribution in [3.05, 3.63) is 194 Å². The van der Waals surface area contributed by atoms with E-state index in [2.05, 4.69) is 107 Å². The Kier molecular flexibility index (Phi) is 34.4. The minimum absolute atomic E-state index is 0.135. The van der Waals surface area contributed by atoms with E-state index in [4.69, 9.17) is 113 Å². The molecular weight excluding hydrogens is 1860 g/mol. The number of ether oxygens (including phenoxy) is 7. The second kappa shape index (κ2) is 45.0. The van der Waals surface area contributed by atoms with Gasteiger partial charge in [0.1, 0.15) is 64.9 Å². The molecule has 11 N–H and O–H groups in total. The summed E-state index contributed by atoms with van der Waals surface area (Å²) < 4.78 is 115. The number of hydrogen-bond acceptors (Lipinski definition) is 28. The first-order valence-corrected chi connectivity index (χ1v) is 41.8. The summed E-state index contributed by atoms with van der Waals surface area (Å²) in [6, 6.07) is 35.6. The second-order valence-electron chi connectivity index (χ2n) is 28.8. The molecule has 35 nitrogen and oxygen atoms in total. The number of fused-ring (bicyclic) bond motifs is 2. The van der Waals surface area contributed by atoms with Gasteiger partial charge in [0.2, 0.25) is 5.82 Å². The largest absolute Gasteiger partial charge is 0.498 e. The van der Waals surface area contributed by atoms with Gasteiger partial charge < -0.3 is 81.3 Å². The zero-order valence-corrected chi connectivity index (χ0v) is 77.2. The van der Waals surface area contributed by atoms with Gasteiger partial charge in [0.25, 0.3) is 18.7 Å². The van der Waals surface area contributed by atoms with Gasteiger partial charge in [0, 0.05) is 59.0 Å². The van der Waals surface area contributed by atoms with E-state index >= 15 is 0 Å². The first-order chi connectivity index (χ1) is 61.2. The first-order valence-electron chi connectivity index (χ1n) is 39.1. The molecule has 14 aromatic rings. The highest BCUT2D eigenvalue weighted by molar-refractivity contribution is 9.10. The average molecular weight is 1950 g/mol. The molecule has 676 valence electrons. The molecular formula is C83H94BBr2Cl3F4N26O9. The topological polar surface area (TPSA) is 427 Å². The minimum atomic E-state index is -2.81. The number of anilines is 7. The Hall–Kier alpha value is -12.2. The molecule has 3 fully saturated rings. The Morgan fingerprint density at radius 3 is 1.30 bits per heavy atom. The maximum atomic E-state index is 14.0. The monoisotopic (exact) mass is 1950 g/mol. The molecule has 0 radical (unpaired) electrons. The number of nitrogens with zero attached hydrogens (tertiary/aromatic N) is 20. The standard InChI is InChI=1S/C22H22ClF2N7O2.C13H20BNO3.C12H11Cl2F2N3O.2C10H12N4O.C7H8BrNO.C6H5N3.C3H4BrN3/c1-31-20(26-11-27-31)12-6-5-7-13(18(12)33-2)28-14-10-15(23)29-21-17(14)30-22(19(24)25)32(21)16-8-3-4-9-34-16;1-12(2)13(3,4)18-14(17-12)9-7-6-8-10(15)11(9)16-5;13-6-5-7(14)17-11-9(6)18-12(10(15)16)19(11)8-3-1-2-4-20-8;2*1-14-10(12-6-13-14)7-4-3-5-8(11)9(7)15-2;1-10-7-5(8)3-2-4-6(7)9;1-8-6-4-2-3-5(7)9-6;1-7-3(4)5-2-6-7/h5-7,10-11,16,19H,3-4,8-9H2,1-2H3,(H,28,29);6-8H,15H2,1-5H3;5,8,10H,1-4H2;2*3-6H,11H2,1-2H3;2-4H,9H2,1H3;2-4H,(H2,7,9);2H,1H3. The fraction of sp³-hybridized carbons (Fsp3) is 0.325. The van der Waals surface area contributed by atoms with E-state index in [9.17, 15) is 17.6 Å². The van der Waals surface area contributed by atoms with Crippen LogP contribution in [-0.4, -0.2) is 160 Å². The van der Waals surface area contributed by atoms with Gasteiger partial charge in [-0.25, -0.2) is 76.2 Å². The van der Waals surface area contributed by atoms with Gasteiger partial charge in [0.05, 0.1) is 107 Å². The van der Waals surface area contributed by atoms with Crippen LogP contribution in [0.5, 0.6) is 28.7 Å². The maximum absolute atomic E-state index is 14.0. The third-order valence-electron chi connectivity index (χ3n) is 19.9. The van der Waals surface area contributed by atoms with Crippen molar-refractivity contribution in [2.75, 3.05) is 82.7 Å². The summed E-state index contributed by atoms with van der Waals surface area (Å²) >= 11 is 24.6. The van der Waals surface area contributed by atoms with E-state index in [0.717, 1.165) is 63.1 Å². The SMILES string of the molecule is COc1c(N)cccc1-c1ncnn1C.COc1c(N)cccc1-c1ncnn1C.COc1c(N)cccc1B1OC(C)(C)C(C)(C)O1.COc1c(N)cccc1Br.COc1c(Nc2cc(Cl)nc3c2nc(C(F)F)n3C2CCCCO2)cccc1-c1ncnn1C.Cn1ncnc1Br.FC(F)c1nc2c(Cl)cc(Cl)nc2n1C1CCCCO1.[C-]#[N+]c1cccc(N)n1. The third kappa shape index (κ3) is 23.8. The number of nitrogen functional groups attached to an aromatic ring is 5. The van der Waals surface area contributed by atoms with Crippen molar-refractivity contribution in [3.63, 3.8) is 0 Å². The van der Waals surface area contributed by atoms with Crippen molar-refractivity contribution < 1.29 is 60.0 Å². The summed E-state index contributed by atoms with van der Waals surface area (Å²) in [5.41, 5.74) is 35.2. The van der Waals surface area contributed by atoms with E-state index in [0.29, 0.717) is 112 Å². The van der Waals surface area contributed by atoms with Gasteiger partial charge in [-0.1, -0.05) is 83.8 Å². The van der Waals surface area contributed by atoms with Crippen LogP contribution in [0.25, 0.3) is 61.3 Å². The number of imidazole rings is 2. The molecule has 12 heterocycles. The molecule has 17 rings (SSSR count). The molecule has 0 bridgehead atoms. The predicted octanol–water partition coefficient (Wildman–Crippen LogP) is 17.2. The number of methoxy groups -OCH3 is 5. The van der Waals surface area contributed by atoms with E-state index in [1.807, 2.05) is 110 Å². The Balaban J connectivity index is 0.000000160. The summed E-state index contributed by atoms with van der Waals surface area (Å²) in [5, 5.41) is 19.6. The molecule has 128 heavy (non-hydrogen) atoms. The Morgan fingerprint density at radius 1 is 0.492 bits per heavy atom. The molecule has 3 saturated heterocycles. The lowest BCUT2D eigenvalue weighted by Crippen LogP contribution is -2.41. The second-order valence-corrected chi connectivity index (χ2v) is 31.5. The highest BCUT2D eigenvalue weighted by atomic mass is 79.9. The summed E-state index contributed by atoms with van der Waals surface area (Å²) in [5.74, 6) is 5.11. The van der Waals surface area contributed by atoms with Crippen LogP contribution in [0, 0.1) is 6.57 Å². The first kappa shape index (κ1) is 98.0. The van der Waals surface area contributed by atoms with Crippen LogP contribution in [-0.2, 0) is 47.0 Å². The number of nitrogens with two attached hydrogens (primary N) is 5. The number of aromatic nitrogens is 19. The molecule has 3 aliphatic heterocycles. The van der Waals surface area contributed by atoms with Crippen LogP contribution in [0.2, 0.25) is 15.3 Å². The highest BCUT2D eigenvalue weighted by Gasteiger charge is 2.52. The smallest absolute Gasteiger partial charge is 0.495 e. The van der Waals surface area contributed by atoms with E-state index < -0.39 is 38.2 Å². The highest BCUT2D eigenvalue weighted by Crippen LogP contribution is 2.44. The molecule has 0 spiro atoms. The summed E-state index contributed by atoms with van der Waals surface area (Å²) in [6.45, 7) is 15.6. The van der Waals surface area contributed by atoms with E-state index in [1.165, 1.54) is 40.5 Å². The van der Waals surface area contributed by atoms with Gasteiger partial charge >= 0.3 is 7.12 Å². The summed E-state index contributed by atoms with van der Waals surface area (Å²) in [7, 11) is 14.7. The van der Waals surface area contributed by atoms with Crippen molar-refractivity contribution in [1.82, 2.24) is 93.1 Å². The normalized spacial score (nSPS) is 14.7. The van der Waals surface area contributed by atoms with Gasteiger partial charge in [-0.05, 0) is 165 Å². The van der Waals surface area contributed by atoms with E-state index in [1.54, 1.807) is 116 Å². The van der Waals surface area contributed by atoms with Crippen molar-refractivity contribution in [3.8, 4) is 62.9 Å². The van der Waals surface area contributed by atoms with Crippen molar-refractivity contribution in [2.24, 2.45) is 28.2 Å². The number of hydrogen-bond donors (Lipinski definition) is 6. The van der Waals surface area contributed by atoms with Gasteiger partial charge in [-0.2, -0.15) is 20.4 Å². The fourth-order valence-corrected chi connectivity index (χ4v) is 14.5. The predicted molar refractivity (Wildman–Crippen MR) is 491 cm³/mol. The molecule has 0 saturated carbocycles.